The fourth-order valence-electron chi connectivity index (χ4n) is 2.91. The molecule has 0 aliphatic heterocycles. The predicted octanol–water partition coefficient (Wildman–Crippen LogP) is 3.83. The number of nitrogens with zero attached hydrogens (tertiary/aromatic N) is 3. The van der Waals surface area contributed by atoms with Gasteiger partial charge in [-0.3, -0.25) is 0 Å². The summed E-state index contributed by atoms with van der Waals surface area (Å²) in [7, 11) is 0. The Morgan fingerprint density at radius 1 is 1.22 bits per heavy atom. The van der Waals surface area contributed by atoms with E-state index in [-0.39, 0.29) is 5.75 Å². The molecule has 116 valence electrons. The molecule has 5 nitrogen and oxygen atoms in total. The number of rotatable bonds is 2. The van der Waals surface area contributed by atoms with E-state index in [0.29, 0.717) is 10.4 Å². The fraction of sp³-hybridized carbons (Fsp3) is 0.235. The number of phenols is 1. The number of aryl methyl sites for hydroxylation is 2. The van der Waals surface area contributed by atoms with Gasteiger partial charge in [-0.2, -0.15) is 5.10 Å². The molecular formula is C17H15N3O2S. The Morgan fingerprint density at radius 2 is 2.00 bits per heavy atom. The molecule has 0 bridgehead atoms. The molecule has 0 amide bonds. The van der Waals surface area contributed by atoms with Crippen LogP contribution in [0.2, 0.25) is 0 Å². The summed E-state index contributed by atoms with van der Waals surface area (Å²) in [5.41, 5.74) is 2.68. The second kappa shape index (κ2) is 5.62. The smallest absolute Gasteiger partial charge is 0.231 e. The van der Waals surface area contributed by atoms with E-state index in [1.807, 2.05) is 0 Å². The van der Waals surface area contributed by atoms with Crippen LogP contribution >= 0.6 is 12.2 Å². The summed E-state index contributed by atoms with van der Waals surface area (Å²) in [4.78, 5) is 4.35. The third-order valence-corrected chi connectivity index (χ3v) is 4.47. The first-order chi connectivity index (χ1) is 11.2. The van der Waals surface area contributed by atoms with Gasteiger partial charge in [0.05, 0.1) is 11.6 Å². The van der Waals surface area contributed by atoms with E-state index >= 15 is 0 Å². The third kappa shape index (κ3) is 2.55. The molecule has 0 spiro atoms. The van der Waals surface area contributed by atoms with Crippen LogP contribution in [0.25, 0.3) is 11.1 Å². The van der Waals surface area contributed by atoms with Crippen molar-refractivity contribution in [3.63, 3.8) is 0 Å². The maximum atomic E-state index is 9.31. The first kappa shape index (κ1) is 14.1. The van der Waals surface area contributed by atoms with Crippen molar-refractivity contribution in [2.75, 3.05) is 0 Å². The molecule has 0 saturated carbocycles. The molecule has 0 unspecified atom stereocenters. The number of hydrogen-bond acceptors (Lipinski definition) is 5. The summed E-state index contributed by atoms with van der Waals surface area (Å²) in [6.45, 7) is 0. The second-order valence-electron chi connectivity index (χ2n) is 5.62. The molecule has 0 radical (unpaired) electrons. The highest BCUT2D eigenvalue weighted by atomic mass is 32.1. The molecule has 1 aromatic carbocycles. The van der Waals surface area contributed by atoms with Gasteiger partial charge in [0, 0.05) is 12.0 Å². The van der Waals surface area contributed by atoms with Crippen molar-refractivity contribution in [2.24, 2.45) is 5.10 Å². The molecule has 0 atom stereocenters. The zero-order valence-corrected chi connectivity index (χ0v) is 13.2. The van der Waals surface area contributed by atoms with Gasteiger partial charge in [0.15, 0.2) is 0 Å². The van der Waals surface area contributed by atoms with Crippen LogP contribution in [-0.4, -0.2) is 21.0 Å². The van der Waals surface area contributed by atoms with Gasteiger partial charge in [-0.1, -0.05) is 12.2 Å². The van der Waals surface area contributed by atoms with Crippen molar-refractivity contribution >= 4 is 29.5 Å². The molecule has 0 saturated heterocycles. The molecule has 4 rings (SSSR count). The lowest BCUT2D eigenvalue weighted by atomic mass is 9.97. The van der Waals surface area contributed by atoms with Crippen LogP contribution in [0.5, 0.6) is 5.75 Å². The summed E-state index contributed by atoms with van der Waals surface area (Å²) in [5, 5.41) is 14.6. The number of fused-ring (bicyclic) bond motifs is 3. The van der Waals surface area contributed by atoms with Crippen LogP contribution in [0.3, 0.4) is 0 Å². The first-order valence-corrected chi connectivity index (χ1v) is 7.98. The highest BCUT2D eigenvalue weighted by Gasteiger charge is 2.20. The van der Waals surface area contributed by atoms with Crippen molar-refractivity contribution in [3.8, 4) is 5.75 Å². The minimum Gasteiger partial charge on any atom is -0.508 e. The van der Waals surface area contributed by atoms with Gasteiger partial charge in [-0.05, 0) is 49.1 Å². The average Bonchev–Trinajstić information content (AvgIpc) is 2.95. The van der Waals surface area contributed by atoms with E-state index in [0.717, 1.165) is 42.4 Å². The van der Waals surface area contributed by atoms with Crippen LogP contribution in [0.4, 0.5) is 0 Å². The van der Waals surface area contributed by atoms with Crippen molar-refractivity contribution in [1.29, 1.82) is 0 Å². The summed E-state index contributed by atoms with van der Waals surface area (Å²) in [5.74, 6) is 1.25. The molecule has 6 heteroatoms. The topological polar surface area (TPSA) is 63.6 Å². The van der Waals surface area contributed by atoms with Crippen molar-refractivity contribution < 1.29 is 9.52 Å². The molecule has 1 aliphatic rings. The lowest BCUT2D eigenvalue weighted by Gasteiger charge is -2.08. The van der Waals surface area contributed by atoms with Crippen LogP contribution in [0.1, 0.15) is 29.7 Å². The zero-order valence-electron chi connectivity index (χ0n) is 12.4. The van der Waals surface area contributed by atoms with Crippen molar-refractivity contribution in [1.82, 2.24) is 9.66 Å². The number of aromatic hydroxyl groups is 1. The lowest BCUT2D eigenvalue weighted by molar-refractivity contribution is 0.475. The monoisotopic (exact) mass is 325 g/mol. The Balaban J connectivity index is 1.77. The maximum Gasteiger partial charge on any atom is 0.231 e. The third-order valence-electron chi connectivity index (χ3n) is 4.08. The van der Waals surface area contributed by atoms with Gasteiger partial charge < -0.3 is 9.52 Å². The number of hydrogen-bond donors (Lipinski definition) is 1. The van der Waals surface area contributed by atoms with E-state index in [1.165, 1.54) is 5.56 Å². The minimum absolute atomic E-state index is 0.229. The van der Waals surface area contributed by atoms with E-state index < -0.39 is 0 Å². The highest BCUT2D eigenvalue weighted by molar-refractivity contribution is 7.71. The molecule has 3 aromatic rings. The summed E-state index contributed by atoms with van der Waals surface area (Å²) >= 11 is 5.58. The van der Waals surface area contributed by atoms with Gasteiger partial charge in [-0.15, -0.1) is 0 Å². The number of phenolic OH excluding ortho intramolecular Hbond substituents is 1. The quantitative estimate of drug-likeness (QED) is 0.574. The number of aromatic nitrogens is 2. The van der Waals surface area contributed by atoms with Gasteiger partial charge >= 0.3 is 0 Å². The summed E-state index contributed by atoms with van der Waals surface area (Å²) < 4.78 is 8.05. The molecule has 1 aliphatic carbocycles. The minimum atomic E-state index is 0.229. The molecule has 1 N–H and O–H groups in total. The van der Waals surface area contributed by atoms with Crippen LogP contribution in [0.15, 0.2) is 40.1 Å². The van der Waals surface area contributed by atoms with E-state index in [4.69, 9.17) is 16.6 Å². The lowest BCUT2D eigenvalue weighted by Crippen LogP contribution is -2.00. The summed E-state index contributed by atoms with van der Waals surface area (Å²) in [6, 6.07) is 6.81. The SMILES string of the molecule is Oc1ccc(C=Nn2cnc3oc4c(c3c2=S)CCCC4)cc1. The Kier molecular flexibility index (Phi) is 3.46. The molecule has 2 aromatic heterocycles. The molecule has 23 heavy (non-hydrogen) atoms. The van der Waals surface area contributed by atoms with E-state index in [9.17, 15) is 5.11 Å². The second-order valence-corrected chi connectivity index (χ2v) is 6.01. The number of furan rings is 1. The Bertz CT molecular complexity index is 954. The standard InChI is InChI=1S/C17H15N3O2S/c21-12-7-5-11(6-8-12)9-19-20-10-18-16-15(17(20)23)13-3-1-2-4-14(13)22-16/h5-10,21H,1-4H2. The van der Waals surface area contributed by atoms with Gasteiger partial charge in [-0.25, -0.2) is 9.66 Å². The number of benzene rings is 1. The summed E-state index contributed by atoms with van der Waals surface area (Å²) in [6.07, 6.45) is 7.52. The Labute approximate surface area is 137 Å². The van der Waals surface area contributed by atoms with Crippen molar-refractivity contribution in [3.05, 3.63) is 52.1 Å². The zero-order chi connectivity index (χ0) is 15.8. The first-order valence-electron chi connectivity index (χ1n) is 7.57. The van der Waals surface area contributed by atoms with Crippen LogP contribution < -0.4 is 0 Å². The van der Waals surface area contributed by atoms with E-state index in [1.54, 1.807) is 41.5 Å². The van der Waals surface area contributed by atoms with E-state index in [2.05, 4.69) is 10.1 Å². The molecular weight excluding hydrogens is 310 g/mol. The van der Waals surface area contributed by atoms with Crippen LogP contribution in [-0.2, 0) is 12.8 Å². The van der Waals surface area contributed by atoms with Gasteiger partial charge in [0.1, 0.15) is 22.5 Å². The Morgan fingerprint density at radius 3 is 2.83 bits per heavy atom. The highest BCUT2D eigenvalue weighted by Crippen LogP contribution is 2.31. The van der Waals surface area contributed by atoms with Crippen LogP contribution in [0, 0.1) is 4.64 Å². The van der Waals surface area contributed by atoms with Gasteiger partial charge in [0.2, 0.25) is 5.71 Å². The normalized spacial score (nSPS) is 14.4. The Hall–Kier alpha value is -2.47. The molecule has 2 heterocycles. The predicted molar refractivity (Wildman–Crippen MR) is 90.6 cm³/mol. The fourth-order valence-corrected chi connectivity index (χ4v) is 3.21. The molecule has 0 fully saturated rings. The average molecular weight is 325 g/mol. The van der Waals surface area contributed by atoms with Gasteiger partial charge in [0.25, 0.3) is 0 Å². The largest absolute Gasteiger partial charge is 0.508 e. The maximum absolute atomic E-state index is 9.31. The van der Waals surface area contributed by atoms with Crippen molar-refractivity contribution in [2.45, 2.75) is 25.7 Å².